The summed E-state index contributed by atoms with van der Waals surface area (Å²) in [6, 6.07) is 5.70. The molecule has 2 rings (SSSR count). The second-order valence-electron chi connectivity index (χ2n) is 4.56. The number of unbranched alkanes of at least 4 members (excludes halogenated alkanes) is 3. The highest BCUT2D eigenvalue weighted by Crippen LogP contribution is 2.27. The Balaban J connectivity index is 2.04. The zero-order chi connectivity index (χ0) is 14.4. The van der Waals surface area contributed by atoms with Gasteiger partial charge in [0.25, 0.3) is 0 Å². The number of benzene rings is 1. The summed E-state index contributed by atoms with van der Waals surface area (Å²) in [7, 11) is 0. The van der Waals surface area contributed by atoms with Gasteiger partial charge in [0.05, 0.1) is 0 Å². The molecular weight excluding hydrogens is 279 g/mol. The summed E-state index contributed by atoms with van der Waals surface area (Å²) < 4.78 is 18.1. The summed E-state index contributed by atoms with van der Waals surface area (Å²) in [4.78, 5) is 12.3. The van der Waals surface area contributed by atoms with E-state index in [0.29, 0.717) is 5.58 Å². The van der Waals surface area contributed by atoms with Crippen LogP contribution in [0.25, 0.3) is 11.0 Å². The van der Waals surface area contributed by atoms with Gasteiger partial charge in [-0.3, -0.25) is 0 Å². The van der Waals surface area contributed by atoms with E-state index < -0.39 is 11.4 Å². The van der Waals surface area contributed by atoms with E-state index in [1.54, 1.807) is 17.8 Å². The lowest BCUT2D eigenvalue weighted by Crippen LogP contribution is -1.98. The quantitative estimate of drug-likeness (QED) is 0.482. The van der Waals surface area contributed by atoms with Crippen LogP contribution in [0.2, 0.25) is 0 Å². The van der Waals surface area contributed by atoms with Crippen molar-refractivity contribution in [3.63, 3.8) is 0 Å². The van der Waals surface area contributed by atoms with Gasteiger partial charge in [0.1, 0.15) is 11.4 Å². The zero-order valence-electron chi connectivity index (χ0n) is 11.1. The van der Waals surface area contributed by atoms with Crippen molar-refractivity contribution in [1.29, 1.82) is 0 Å². The van der Waals surface area contributed by atoms with Crippen LogP contribution < -0.4 is 5.63 Å². The van der Waals surface area contributed by atoms with Gasteiger partial charge in [-0.25, -0.2) is 9.18 Å². The lowest BCUT2D eigenvalue weighted by Gasteiger charge is -2.05. The number of hydrogen-bond acceptors (Lipinski definition) is 4. The molecule has 1 N–H and O–H groups in total. The number of thioether (sulfide) groups is 1. The second kappa shape index (κ2) is 7.45. The topological polar surface area (TPSA) is 50.4 Å². The van der Waals surface area contributed by atoms with E-state index in [1.165, 1.54) is 18.2 Å². The monoisotopic (exact) mass is 296 g/mol. The van der Waals surface area contributed by atoms with Gasteiger partial charge in [0.15, 0.2) is 0 Å². The van der Waals surface area contributed by atoms with E-state index in [2.05, 4.69) is 0 Å². The maximum Gasteiger partial charge on any atom is 0.337 e. The van der Waals surface area contributed by atoms with Crippen molar-refractivity contribution in [3.05, 3.63) is 40.5 Å². The lowest BCUT2D eigenvalue weighted by molar-refractivity contribution is 0.283. The Bertz CT molecular complexity index is 624. The van der Waals surface area contributed by atoms with Crippen LogP contribution in [-0.2, 0) is 0 Å². The van der Waals surface area contributed by atoms with Crippen molar-refractivity contribution < 1.29 is 13.9 Å². The fourth-order valence-corrected chi connectivity index (χ4v) is 3.05. The number of fused-ring (bicyclic) bond motifs is 1. The van der Waals surface area contributed by atoms with E-state index in [4.69, 9.17) is 9.52 Å². The molecule has 5 heteroatoms. The maximum absolute atomic E-state index is 13.1. The predicted molar refractivity (Wildman–Crippen MR) is 78.7 cm³/mol. The molecule has 0 radical (unpaired) electrons. The Morgan fingerprint density at radius 3 is 2.75 bits per heavy atom. The Morgan fingerprint density at radius 1 is 1.15 bits per heavy atom. The van der Waals surface area contributed by atoms with Gasteiger partial charge in [-0.2, -0.15) is 0 Å². The summed E-state index contributed by atoms with van der Waals surface area (Å²) in [5.41, 5.74) is -0.161. The van der Waals surface area contributed by atoms with E-state index in [1.807, 2.05) is 0 Å². The van der Waals surface area contributed by atoms with E-state index in [-0.39, 0.29) is 6.61 Å². The standard InChI is InChI=1S/C15H17FO3S/c16-11-5-6-12-13(9-11)19-15(18)10-14(12)20-8-4-2-1-3-7-17/h5-6,9-10,17H,1-4,7-8H2. The largest absolute Gasteiger partial charge is 0.423 e. The smallest absolute Gasteiger partial charge is 0.337 e. The number of rotatable bonds is 7. The van der Waals surface area contributed by atoms with Gasteiger partial charge in [-0.15, -0.1) is 11.8 Å². The molecule has 3 nitrogen and oxygen atoms in total. The molecule has 0 saturated carbocycles. The molecule has 0 fully saturated rings. The van der Waals surface area contributed by atoms with Crippen LogP contribution in [0.15, 0.2) is 38.4 Å². The van der Waals surface area contributed by atoms with Gasteiger partial charge in [0.2, 0.25) is 0 Å². The van der Waals surface area contributed by atoms with Crippen LogP contribution in [0.5, 0.6) is 0 Å². The minimum atomic E-state index is -0.453. The van der Waals surface area contributed by atoms with E-state index in [0.717, 1.165) is 41.7 Å². The van der Waals surface area contributed by atoms with Crippen LogP contribution in [0.4, 0.5) is 4.39 Å². The first-order valence-corrected chi connectivity index (χ1v) is 7.66. The molecule has 0 aliphatic carbocycles. The fraction of sp³-hybridized carbons (Fsp3) is 0.400. The minimum absolute atomic E-state index is 0.239. The van der Waals surface area contributed by atoms with Crippen molar-refractivity contribution in [2.24, 2.45) is 0 Å². The molecule has 0 saturated heterocycles. The molecule has 1 heterocycles. The Hall–Kier alpha value is -1.33. The fourth-order valence-electron chi connectivity index (χ4n) is 1.98. The maximum atomic E-state index is 13.1. The van der Waals surface area contributed by atoms with Gasteiger partial charge < -0.3 is 9.52 Å². The first-order chi connectivity index (χ1) is 9.70. The van der Waals surface area contributed by atoms with Crippen molar-refractivity contribution in [3.8, 4) is 0 Å². The molecular formula is C15H17FO3S. The normalized spacial score (nSPS) is 11.1. The summed E-state index contributed by atoms with van der Waals surface area (Å²) in [5.74, 6) is 0.480. The van der Waals surface area contributed by atoms with Gasteiger partial charge in [-0.05, 0) is 30.7 Å². The molecule has 0 aliphatic heterocycles. The van der Waals surface area contributed by atoms with E-state index >= 15 is 0 Å². The van der Waals surface area contributed by atoms with Crippen LogP contribution in [0.1, 0.15) is 25.7 Å². The Kier molecular flexibility index (Phi) is 5.61. The molecule has 20 heavy (non-hydrogen) atoms. The third-order valence-corrected chi connectivity index (χ3v) is 4.12. The van der Waals surface area contributed by atoms with E-state index in [9.17, 15) is 9.18 Å². The van der Waals surface area contributed by atoms with Crippen molar-refractivity contribution in [2.45, 2.75) is 30.6 Å². The summed E-state index contributed by atoms with van der Waals surface area (Å²) in [6.07, 6.45) is 3.93. The summed E-state index contributed by atoms with van der Waals surface area (Å²) in [5, 5.41) is 9.46. The van der Waals surface area contributed by atoms with Crippen LogP contribution in [-0.4, -0.2) is 17.5 Å². The van der Waals surface area contributed by atoms with Gasteiger partial charge in [0, 0.05) is 29.0 Å². The van der Waals surface area contributed by atoms with Crippen molar-refractivity contribution in [2.75, 3.05) is 12.4 Å². The summed E-state index contributed by atoms with van der Waals surface area (Å²) >= 11 is 1.58. The van der Waals surface area contributed by atoms with Gasteiger partial charge >= 0.3 is 5.63 Å². The average molecular weight is 296 g/mol. The molecule has 2 aromatic rings. The van der Waals surface area contributed by atoms with Crippen LogP contribution >= 0.6 is 11.8 Å². The third-order valence-electron chi connectivity index (χ3n) is 2.98. The zero-order valence-corrected chi connectivity index (χ0v) is 11.9. The van der Waals surface area contributed by atoms with Crippen LogP contribution in [0.3, 0.4) is 0 Å². The summed E-state index contributed by atoms with van der Waals surface area (Å²) in [6.45, 7) is 0.239. The lowest BCUT2D eigenvalue weighted by atomic mass is 10.2. The molecule has 1 aromatic carbocycles. The van der Waals surface area contributed by atoms with Crippen molar-refractivity contribution in [1.82, 2.24) is 0 Å². The predicted octanol–water partition coefficient (Wildman–Crippen LogP) is 3.58. The SMILES string of the molecule is O=c1cc(SCCCCCCO)c2ccc(F)cc2o1. The molecule has 0 unspecified atom stereocenters. The highest BCUT2D eigenvalue weighted by Gasteiger charge is 2.07. The average Bonchev–Trinajstić information content (AvgIpc) is 2.41. The molecule has 0 aliphatic rings. The number of aliphatic hydroxyl groups excluding tert-OH is 1. The third kappa shape index (κ3) is 4.08. The molecule has 0 atom stereocenters. The molecule has 0 bridgehead atoms. The number of halogens is 1. The Labute approximate surface area is 120 Å². The highest BCUT2D eigenvalue weighted by atomic mass is 32.2. The minimum Gasteiger partial charge on any atom is -0.423 e. The van der Waals surface area contributed by atoms with Gasteiger partial charge in [-0.1, -0.05) is 12.8 Å². The second-order valence-corrected chi connectivity index (χ2v) is 5.69. The number of aliphatic hydroxyl groups is 1. The molecule has 0 amide bonds. The first kappa shape index (κ1) is 15.1. The highest BCUT2D eigenvalue weighted by molar-refractivity contribution is 7.99. The Morgan fingerprint density at radius 2 is 1.95 bits per heavy atom. The molecule has 1 aromatic heterocycles. The molecule has 0 spiro atoms. The van der Waals surface area contributed by atoms with Crippen molar-refractivity contribution >= 4 is 22.7 Å². The first-order valence-electron chi connectivity index (χ1n) is 6.68. The molecule has 108 valence electrons. The number of hydrogen-bond donors (Lipinski definition) is 1. The van der Waals surface area contributed by atoms with Crippen LogP contribution in [0, 0.1) is 5.82 Å².